The summed E-state index contributed by atoms with van der Waals surface area (Å²) in [6, 6.07) is 1.80. The van der Waals surface area contributed by atoms with Gasteiger partial charge in [-0.1, -0.05) is 11.8 Å². The van der Waals surface area contributed by atoms with E-state index in [1.165, 1.54) is 0 Å². The average Bonchev–Trinajstić information content (AvgIpc) is 2.77. The highest BCUT2D eigenvalue weighted by atomic mass is 32.2. The lowest BCUT2D eigenvalue weighted by atomic mass is 10.2. The van der Waals surface area contributed by atoms with Gasteiger partial charge in [-0.05, 0) is 33.3 Å². The predicted molar refractivity (Wildman–Crippen MR) is 74.1 cm³/mol. The fourth-order valence-electron chi connectivity index (χ4n) is 1.81. The molecule has 5 nitrogen and oxygen atoms in total. The van der Waals surface area contributed by atoms with Crippen LogP contribution >= 0.6 is 11.8 Å². The smallest absolute Gasteiger partial charge is 0.410 e. The monoisotopic (exact) mass is 281 g/mol. The van der Waals surface area contributed by atoms with Crippen LogP contribution in [0.15, 0.2) is 23.6 Å². The largest absolute Gasteiger partial charge is 0.444 e. The summed E-state index contributed by atoms with van der Waals surface area (Å²) < 4.78 is 5.37. The number of ether oxygens (including phenoxy) is 1. The molecule has 1 amide bonds. The molecule has 1 aliphatic heterocycles. The van der Waals surface area contributed by atoms with Gasteiger partial charge in [-0.25, -0.2) is 14.8 Å². The second-order valence-corrected chi connectivity index (χ2v) is 6.75. The Hall–Kier alpha value is -1.30. The van der Waals surface area contributed by atoms with Gasteiger partial charge in [0.15, 0.2) is 5.16 Å². The first kappa shape index (κ1) is 14.1. The molecule has 0 aliphatic carbocycles. The van der Waals surface area contributed by atoms with Crippen molar-refractivity contribution in [1.82, 2.24) is 14.9 Å². The zero-order chi connectivity index (χ0) is 13.9. The van der Waals surface area contributed by atoms with Crippen LogP contribution in [0.4, 0.5) is 4.79 Å². The summed E-state index contributed by atoms with van der Waals surface area (Å²) in [5.74, 6) is 0. The number of hydrogen-bond acceptors (Lipinski definition) is 5. The van der Waals surface area contributed by atoms with Crippen molar-refractivity contribution in [3.63, 3.8) is 0 Å². The van der Waals surface area contributed by atoms with Gasteiger partial charge in [0.05, 0.1) is 0 Å². The van der Waals surface area contributed by atoms with Gasteiger partial charge in [-0.15, -0.1) is 0 Å². The number of carbonyl (C=O) groups is 1. The van der Waals surface area contributed by atoms with E-state index in [4.69, 9.17) is 4.74 Å². The third kappa shape index (κ3) is 4.38. The second kappa shape index (κ2) is 5.77. The minimum absolute atomic E-state index is 0.232. The van der Waals surface area contributed by atoms with Gasteiger partial charge in [-0.2, -0.15) is 0 Å². The molecule has 1 fully saturated rings. The fraction of sp³-hybridized carbons (Fsp3) is 0.615. The fourth-order valence-corrected chi connectivity index (χ4v) is 2.83. The molecule has 2 heterocycles. The maximum absolute atomic E-state index is 11.9. The number of hydrogen-bond donors (Lipinski definition) is 0. The van der Waals surface area contributed by atoms with Crippen LogP contribution in [0.5, 0.6) is 0 Å². The molecule has 0 radical (unpaired) electrons. The van der Waals surface area contributed by atoms with Crippen molar-refractivity contribution < 1.29 is 9.53 Å². The normalized spacial score (nSPS) is 19.5. The van der Waals surface area contributed by atoms with Crippen LogP contribution in [0.25, 0.3) is 0 Å². The molecule has 0 bridgehead atoms. The van der Waals surface area contributed by atoms with Gasteiger partial charge < -0.3 is 9.64 Å². The van der Waals surface area contributed by atoms with Gasteiger partial charge in [0.1, 0.15) is 5.60 Å². The van der Waals surface area contributed by atoms with Crippen molar-refractivity contribution in [2.45, 2.75) is 43.2 Å². The van der Waals surface area contributed by atoms with Gasteiger partial charge in [0.2, 0.25) is 0 Å². The Labute approximate surface area is 117 Å². The Morgan fingerprint density at radius 2 is 2.11 bits per heavy atom. The first-order valence-corrected chi connectivity index (χ1v) is 7.23. The van der Waals surface area contributed by atoms with Crippen LogP contribution in [-0.4, -0.2) is 44.9 Å². The van der Waals surface area contributed by atoms with Crippen molar-refractivity contribution >= 4 is 17.9 Å². The molecule has 0 saturated carbocycles. The molecule has 6 heteroatoms. The lowest BCUT2D eigenvalue weighted by molar-refractivity contribution is 0.0295. The molecule has 1 saturated heterocycles. The van der Waals surface area contributed by atoms with Crippen LogP contribution in [-0.2, 0) is 4.74 Å². The maximum atomic E-state index is 11.9. The van der Waals surface area contributed by atoms with E-state index in [-0.39, 0.29) is 6.09 Å². The van der Waals surface area contributed by atoms with E-state index in [1.807, 2.05) is 20.8 Å². The van der Waals surface area contributed by atoms with Crippen molar-refractivity contribution in [2.24, 2.45) is 0 Å². The lowest BCUT2D eigenvalue weighted by Gasteiger charge is -2.24. The van der Waals surface area contributed by atoms with E-state index in [2.05, 4.69) is 9.97 Å². The summed E-state index contributed by atoms with van der Waals surface area (Å²) in [7, 11) is 0. The molecule has 19 heavy (non-hydrogen) atoms. The Bertz CT molecular complexity index is 433. The zero-order valence-electron chi connectivity index (χ0n) is 11.5. The van der Waals surface area contributed by atoms with Crippen LogP contribution in [0.1, 0.15) is 27.2 Å². The van der Waals surface area contributed by atoms with E-state index < -0.39 is 5.60 Å². The lowest BCUT2D eigenvalue weighted by Crippen LogP contribution is -2.35. The van der Waals surface area contributed by atoms with Crippen LogP contribution in [0, 0.1) is 0 Å². The Morgan fingerprint density at radius 3 is 2.74 bits per heavy atom. The SMILES string of the molecule is CC(C)(C)OC(=O)N1CCC(Sc2ncccn2)C1. The van der Waals surface area contributed by atoms with Gasteiger partial charge in [0, 0.05) is 30.7 Å². The quantitative estimate of drug-likeness (QED) is 0.780. The minimum Gasteiger partial charge on any atom is -0.444 e. The number of carbonyl (C=O) groups excluding carboxylic acids is 1. The van der Waals surface area contributed by atoms with E-state index >= 15 is 0 Å². The Balaban J connectivity index is 1.85. The topological polar surface area (TPSA) is 55.3 Å². The van der Waals surface area contributed by atoms with Gasteiger partial charge in [-0.3, -0.25) is 0 Å². The Morgan fingerprint density at radius 1 is 1.42 bits per heavy atom. The van der Waals surface area contributed by atoms with Crippen molar-refractivity contribution in [3.05, 3.63) is 18.5 Å². The molecule has 0 N–H and O–H groups in total. The number of rotatable bonds is 2. The zero-order valence-corrected chi connectivity index (χ0v) is 12.3. The summed E-state index contributed by atoms with van der Waals surface area (Å²) >= 11 is 1.62. The molecule has 1 aliphatic rings. The van der Waals surface area contributed by atoms with Crippen LogP contribution in [0.2, 0.25) is 0 Å². The molecule has 0 aromatic carbocycles. The first-order chi connectivity index (χ1) is 8.94. The average molecular weight is 281 g/mol. The highest BCUT2D eigenvalue weighted by molar-refractivity contribution is 7.99. The number of aromatic nitrogens is 2. The number of thioether (sulfide) groups is 1. The maximum Gasteiger partial charge on any atom is 0.410 e. The molecule has 2 rings (SSSR count). The third-order valence-corrected chi connectivity index (χ3v) is 3.75. The minimum atomic E-state index is -0.440. The van der Waals surface area contributed by atoms with E-state index in [0.29, 0.717) is 11.8 Å². The van der Waals surface area contributed by atoms with E-state index in [1.54, 1.807) is 35.1 Å². The first-order valence-electron chi connectivity index (χ1n) is 6.36. The molecule has 1 aromatic rings. The van der Waals surface area contributed by atoms with Gasteiger partial charge >= 0.3 is 6.09 Å². The highest BCUT2D eigenvalue weighted by Gasteiger charge is 2.30. The van der Waals surface area contributed by atoms with Crippen LogP contribution in [0.3, 0.4) is 0 Å². The summed E-state index contributed by atoms with van der Waals surface area (Å²) in [5, 5.41) is 1.11. The standard InChI is InChI=1S/C13H19N3O2S/c1-13(2,3)18-12(17)16-8-5-10(9-16)19-11-14-6-4-7-15-11/h4,6-7,10H,5,8-9H2,1-3H3. The number of nitrogens with zero attached hydrogens (tertiary/aromatic N) is 3. The molecule has 1 aromatic heterocycles. The Kier molecular flexibility index (Phi) is 4.29. The van der Waals surface area contributed by atoms with Crippen molar-refractivity contribution in [2.75, 3.05) is 13.1 Å². The molecule has 0 spiro atoms. The van der Waals surface area contributed by atoms with E-state index in [0.717, 1.165) is 18.1 Å². The number of likely N-dealkylation sites (tertiary alicyclic amines) is 1. The molecular formula is C13H19N3O2S. The second-order valence-electron chi connectivity index (χ2n) is 5.49. The summed E-state index contributed by atoms with van der Waals surface area (Å²) in [6.07, 6.45) is 4.18. The van der Waals surface area contributed by atoms with Crippen molar-refractivity contribution in [3.8, 4) is 0 Å². The molecule has 1 unspecified atom stereocenters. The highest BCUT2D eigenvalue weighted by Crippen LogP contribution is 2.27. The third-order valence-electron chi connectivity index (χ3n) is 2.61. The van der Waals surface area contributed by atoms with Crippen molar-refractivity contribution in [1.29, 1.82) is 0 Å². The van der Waals surface area contributed by atoms with E-state index in [9.17, 15) is 4.79 Å². The summed E-state index contributed by atoms with van der Waals surface area (Å²) in [6.45, 7) is 7.07. The van der Waals surface area contributed by atoms with Crippen LogP contribution < -0.4 is 0 Å². The molecule has 104 valence electrons. The summed E-state index contributed by atoms with van der Waals surface area (Å²) in [4.78, 5) is 22.1. The molecular weight excluding hydrogens is 262 g/mol. The molecule has 1 atom stereocenters. The predicted octanol–water partition coefficient (Wildman–Crippen LogP) is 2.58. The number of amides is 1. The van der Waals surface area contributed by atoms with Gasteiger partial charge in [0.25, 0.3) is 0 Å². The summed E-state index contributed by atoms with van der Waals surface area (Å²) in [5.41, 5.74) is -0.440.